The molecule has 4 rings (SSSR count). The van der Waals surface area contributed by atoms with Gasteiger partial charge in [-0.2, -0.15) is 0 Å². The van der Waals surface area contributed by atoms with Crippen molar-refractivity contribution in [2.75, 3.05) is 12.4 Å². The number of nitrogens with one attached hydrogen (secondary N) is 1. The van der Waals surface area contributed by atoms with Crippen LogP contribution in [-0.2, 0) is 0 Å². The zero-order valence-corrected chi connectivity index (χ0v) is 14.5. The van der Waals surface area contributed by atoms with Gasteiger partial charge in [-0.1, -0.05) is 42.0 Å². The number of anilines is 2. The summed E-state index contributed by atoms with van der Waals surface area (Å²) in [6.07, 6.45) is 0. The molecule has 0 radical (unpaired) electrons. The molecule has 0 aromatic heterocycles. The summed E-state index contributed by atoms with van der Waals surface area (Å²) in [6.45, 7) is 2.01. The summed E-state index contributed by atoms with van der Waals surface area (Å²) in [6, 6.07) is 18.2. The van der Waals surface area contributed by atoms with Crippen molar-refractivity contribution in [3.8, 4) is 5.75 Å². The third-order valence-corrected chi connectivity index (χ3v) is 4.59. The van der Waals surface area contributed by atoms with Crippen LogP contribution in [0, 0.1) is 6.92 Å². The van der Waals surface area contributed by atoms with Crippen LogP contribution in [0.15, 0.2) is 60.7 Å². The lowest BCUT2D eigenvalue weighted by atomic mass is 9.82. The SMILES string of the molecule is COc1ccc(Nc2ccc(C)cc2)c2c1C(=O)c1ccccc1C2=O. The Hall–Kier alpha value is -3.40. The van der Waals surface area contributed by atoms with E-state index in [4.69, 9.17) is 4.74 Å². The Morgan fingerprint density at radius 2 is 1.38 bits per heavy atom. The first kappa shape index (κ1) is 16.1. The molecule has 4 nitrogen and oxygen atoms in total. The second-order valence-electron chi connectivity index (χ2n) is 6.26. The fourth-order valence-corrected chi connectivity index (χ4v) is 3.26. The monoisotopic (exact) mass is 343 g/mol. The Labute approximate surface area is 151 Å². The molecule has 0 aliphatic heterocycles. The van der Waals surface area contributed by atoms with Gasteiger partial charge in [0.25, 0.3) is 0 Å². The third kappa shape index (κ3) is 2.47. The van der Waals surface area contributed by atoms with Gasteiger partial charge in [-0.15, -0.1) is 0 Å². The number of hydrogen-bond acceptors (Lipinski definition) is 4. The zero-order valence-electron chi connectivity index (χ0n) is 14.5. The van der Waals surface area contributed by atoms with E-state index in [1.165, 1.54) is 7.11 Å². The number of ketones is 2. The summed E-state index contributed by atoms with van der Waals surface area (Å²) in [5, 5.41) is 3.26. The van der Waals surface area contributed by atoms with Gasteiger partial charge in [0.05, 0.1) is 23.9 Å². The molecule has 0 fully saturated rings. The Morgan fingerprint density at radius 3 is 2.00 bits per heavy atom. The van der Waals surface area contributed by atoms with E-state index < -0.39 is 0 Å². The van der Waals surface area contributed by atoms with E-state index in [1.807, 2.05) is 31.2 Å². The number of methoxy groups -OCH3 is 1. The number of fused-ring (bicyclic) bond motifs is 2. The summed E-state index contributed by atoms with van der Waals surface area (Å²) in [4.78, 5) is 26.2. The molecule has 0 spiro atoms. The van der Waals surface area contributed by atoms with E-state index in [9.17, 15) is 9.59 Å². The molecule has 0 bridgehead atoms. The van der Waals surface area contributed by atoms with Crippen molar-refractivity contribution in [3.05, 3.63) is 88.5 Å². The molecule has 3 aromatic carbocycles. The first-order chi connectivity index (χ1) is 12.6. The quantitative estimate of drug-likeness (QED) is 0.594. The van der Waals surface area contributed by atoms with Gasteiger partial charge < -0.3 is 10.1 Å². The van der Waals surface area contributed by atoms with Crippen molar-refractivity contribution >= 4 is 22.9 Å². The molecule has 1 aliphatic carbocycles. The Balaban J connectivity index is 1.90. The summed E-state index contributed by atoms with van der Waals surface area (Å²) in [7, 11) is 1.50. The van der Waals surface area contributed by atoms with Crippen LogP contribution in [-0.4, -0.2) is 18.7 Å². The Morgan fingerprint density at radius 1 is 0.769 bits per heavy atom. The van der Waals surface area contributed by atoms with Gasteiger partial charge in [-0.3, -0.25) is 9.59 Å². The highest BCUT2D eigenvalue weighted by Gasteiger charge is 2.34. The molecule has 128 valence electrons. The lowest BCUT2D eigenvalue weighted by Crippen LogP contribution is -2.23. The normalized spacial score (nSPS) is 12.4. The minimum absolute atomic E-state index is 0.177. The second-order valence-corrected chi connectivity index (χ2v) is 6.26. The number of hydrogen-bond donors (Lipinski definition) is 1. The van der Waals surface area contributed by atoms with Crippen molar-refractivity contribution in [1.29, 1.82) is 0 Å². The number of aryl methyl sites for hydroxylation is 1. The molecule has 0 saturated heterocycles. The van der Waals surface area contributed by atoms with E-state index in [-0.39, 0.29) is 11.6 Å². The highest BCUT2D eigenvalue weighted by Crippen LogP contribution is 2.38. The molecular weight excluding hydrogens is 326 g/mol. The van der Waals surface area contributed by atoms with Crippen LogP contribution in [0.25, 0.3) is 0 Å². The molecule has 1 aliphatic rings. The molecule has 3 aromatic rings. The van der Waals surface area contributed by atoms with E-state index in [0.717, 1.165) is 11.3 Å². The number of ether oxygens (including phenoxy) is 1. The van der Waals surface area contributed by atoms with E-state index in [2.05, 4.69) is 5.32 Å². The van der Waals surface area contributed by atoms with Gasteiger partial charge in [0.2, 0.25) is 0 Å². The maximum absolute atomic E-state index is 13.1. The van der Waals surface area contributed by atoms with Crippen molar-refractivity contribution < 1.29 is 14.3 Å². The van der Waals surface area contributed by atoms with Crippen LogP contribution in [0.2, 0.25) is 0 Å². The lowest BCUT2D eigenvalue weighted by molar-refractivity contribution is 0.0977. The molecule has 4 heteroatoms. The largest absolute Gasteiger partial charge is 0.496 e. The van der Waals surface area contributed by atoms with Gasteiger partial charge in [0, 0.05) is 16.8 Å². The fourth-order valence-electron chi connectivity index (χ4n) is 3.26. The van der Waals surface area contributed by atoms with Crippen LogP contribution in [0.5, 0.6) is 5.75 Å². The van der Waals surface area contributed by atoms with Crippen LogP contribution >= 0.6 is 0 Å². The van der Waals surface area contributed by atoms with E-state index in [1.54, 1.807) is 36.4 Å². The Kier molecular flexibility index (Phi) is 3.81. The second kappa shape index (κ2) is 6.15. The van der Waals surface area contributed by atoms with Gasteiger partial charge in [0.1, 0.15) is 5.75 Å². The number of carbonyl (C=O) groups is 2. The smallest absolute Gasteiger partial charge is 0.198 e. The average Bonchev–Trinajstić information content (AvgIpc) is 2.67. The minimum Gasteiger partial charge on any atom is -0.496 e. The topological polar surface area (TPSA) is 55.4 Å². The van der Waals surface area contributed by atoms with Crippen molar-refractivity contribution in [3.63, 3.8) is 0 Å². The predicted octanol–water partition coefficient (Wildman–Crippen LogP) is 4.52. The third-order valence-electron chi connectivity index (χ3n) is 4.59. The molecule has 0 heterocycles. The van der Waals surface area contributed by atoms with Crippen LogP contribution in [0.4, 0.5) is 11.4 Å². The molecule has 1 N–H and O–H groups in total. The maximum Gasteiger partial charge on any atom is 0.198 e. The number of carbonyl (C=O) groups excluding carboxylic acids is 2. The fraction of sp³-hybridized carbons (Fsp3) is 0.0909. The van der Waals surface area contributed by atoms with Gasteiger partial charge >= 0.3 is 0 Å². The predicted molar refractivity (Wildman–Crippen MR) is 101 cm³/mol. The molecule has 0 saturated carbocycles. The van der Waals surface area contributed by atoms with Crippen LogP contribution in [0.3, 0.4) is 0 Å². The first-order valence-corrected chi connectivity index (χ1v) is 8.33. The van der Waals surface area contributed by atoms with Gasteiger partial charge in [-0.25, -0.2) is 0 Å². The number of rotatable bonds is 3. The summed E-state index contributed by atoms with van der Waals surface area (Å²) in [5.74, 6) is 0.0330. The maximum atomic E-state index is 13.1. The molecule has 26 heavy (non-hydrogen) atoms. The van der Waals surface area contributed by atoms with E-state index >= 15 is 0 Å². The zero-order chi connectivity index (χ0) is 18.3. The summed E-state index contributed by atoms with van der Waals surface area (Å²) in [5.41, 5.74) is 4.09. The van der Waals surface area contributed by atoms with Crippen molar-refractivity contribution in [1.82, 2.24) is 0 Å². The van der Waals surface area contributed by atoms with Gasteiger partial charge in [0.15, 0.2) is 11.6 Å². The average molecular weight is 343 g/mol. The van der Waals surface area contributed by atoms with Crippen molar-refractivity contribution in [2.24, 2.45) is 0 Å². The standard InChI is InChI=1S/C22H17NO3/c1-13-7-9-14(10-8-13)23-17-11-12-18(26-2)20-19(17)21(24)15-5-3-4-6-16(15)22(20)25/h3-12,23H,1-2H3. The highest BCUT2D eigenvalue weighted by atomic mass is 16.5. The van der Waals surface area contributed by atoms with Gasteiger partial charge in [-0.05, 0) is 31.2 Å². The van der Waals surface area contributed by atoms with Crippen molar-refractivity contribution in [2.45, 2.75) is 6.92 Å². The lowest BCUT2D eigenvalue weighted by Gasteiger charge is -2.22. The number of benzene rings is 3. The highest BCUT2D eigenvalue weighted by molar-refractivity contribution is 6.31. The minimum atomic E-state index is -0.195. The molecule has 0 atom stereocenters. The summed E-state index contributed by atoms with van der Waals surface area (Å²) >= 11 is 0. The Bertz CT molecular complexity index is 1040. The summed E-state index contributed by atoms with van der Waals surface area (Å²) < 4.78 is 5.37. The molecule has 0 unspecified atom stereocenters. The van der Waals surface area contributed by atoms with Crippen LogP contribution in [0.1, 0.15) is 37.4 Å². The van der Waals surface area contributed by atoms with Crippen LogP contribution < -0.4 is 10.1 Å². The van der Waals surface area contributed by atoms with E-state index in [0.29, 0.717) is 33.7 Å². The molecular formula is C22H17NO3. The first-order valence-electron chi connectivity index (χ1n) is 8.33. The molecule has 0 amide bonds.